The molecule has 0 aliphatic carbocycles. The molecule has 18 heavy (non-hydrogen) atoms. The van der Waals surface area contributed by atoms with Crippen LogP contribution in [0.4, 0.5) is 11.6 Å². The van der Waals surface area contributed by atoms with Crippen LogP contribution in [0.15, 0.2) is 6.07 Å². The Labute approximate surface area is 111 Å². The number of nitrogens with zero attached hydrogens (tertiary/aromatic N) is 3. The van der Waals surface area contributed by atoms with Crippen LogP contribution in [0.25, 0.3) is 0 Å². The Morgan fingerprint density at radius 3 is 2.56 bits per heavy atom. The molecule has 0 fully saturated rings. The Morgan fingerprint density at radius 2 is 1.89 bits per heavy atom. The van der Waals surface area contributed by atoms with Crippen LogP contribution >= 0.6 is 0 Å². The Morgan fingerprint density at radius 1 is 1.17 bits per heavy atom. The van der Waals surface area contributed by atoms with Gasteiger partial charge in [0, 0.05) is 26.2 Å². The minimum Gasteiger partial charge on any atom is -0.370 e. The van der Waals surface area contributed by atoms with E-state index in [1.165, 1.54) is 25.7 Å². The van der Waals surface area contributed by atoms with Crippen molar-refractivity contribution < 1.29 is 0 Å². The van der Waals surface area contributed by atoms with Gasteiger partial charge in [-0.15, -0.1) is 0 Å². The van der Waals surface area contributed by atoms with Gasteiger partial charge in [0.25, 0.3) is 0 Å². The average molecular weight is 250 g/mol. The van der Waals surface area contributed by atoms with Crippen LogP contribution in [-0.2, 0) is 0 Å². The minimum absolute atomic E-state index is 0.829. The first-order chi connectivity index (χ1) is 8.67. The fourth-order valence-electron chi connectivity index (χ4n) is 1.74. The summed E-state index contributed by atoms with van der Waals surface area (Å²) in [5.41, 5.74) is 0. The van der Waals surface area contributed by atoms with E-state index in [0.29, 0.717) is 0 Å². The van der Waals surface area contributed by atoms with E-state index in [1.807, 2.05) is 13.0 Å². The number of hydrogen-bond donors (Lipinski definition) is 1. The van der Waals surface area contributed by atoms with Crippen LogP contribution < -0.4 is 10.2 Å². The lowest BCUT2D eigenvalue weighted by molar-refractivity contribution is 0.756. The molecule has 0 aliphatic rings. The maximum absolute atomic E-state index is 4.49. The van der Waals surface area contributed by atoms with Gasteiger partial charge in [0.1, 0.15) is 17.5 Å². The molecule has 0 radical (unpaired) electrons. The second kappa shape index (κ2) is 7.90. The second-order valence-corrected chi connectivity index (χ2v) is 4.71. The number of aryl methyl sites for hydroxylation is 1. The third-order valence-corrected chi connectivity index (χ3v) is 2.90. The summed E-state index contributed by atoms with van der Waals surface area (Å²) in [7, 11) is 2.09. The van der Waals surface area contributed by atoms with Crippen LogP contribution in [0.2, 0.25) is 0 Å². The predicted octanol–water partition coefficient (Wildman–Crippen LogP) is 3.23. The summed E-state index contributed by atoms with van der Waals surface area (Å²) in [6.45, 7) is 8.36. The molecule has 0 atom stereocenters. The van der Waals surface area contributed by atoms with Crippen molar-refractivity contribution in [2.45, 2.75) is 46.5 Å². The van der Waals surface area contributed by atoms with Gasteiger partial charge in [-0.1, -0.05) is 26.7 Å². The molecule has 0 bridgehead atoms. The molecule has 0 aliphatic heterocycles. The summed E-state index contributed by atoms with van der Waals surface area (Å²) >= 11 is 0. The molecule has 4 nitrogen and oxygen atoms in total. The number of nitrogens with one attached hydrogen (secondary N) is 1. The van der Waals surface area contributed by atoms with E-state index in [1.54, 1.807) is 0 Å². The maximum atomic E-state index is 4.49. The third kappa shape index (κ3) is 4.90. The highest BCUT2D eigenvalue weighted by Gasteiger charge is 2.05. The quantitative estimate of drug-likeness (QED) is 0.719. The van der Waals surface area contributed by atoms with Crippen LogP contribution in [-0.4, -0.2) is 30.1 Å². The number of aromatic nitrogens is 2. The molecule has 1 aromatic rings. The predicted molar refractivity (Wildman–Crippen MR) is 78.3 cm³/mol. The van der Waals surface area contributed by atoms with Crippen molar-refractivity contribution in [3.05, 3.63) is 11.9 Å². The summed E-state index contributed by atoms with van der Waals surface area (Å²) in [6, 6.07) is 2.04. The second-order valence-electron chi connectivity index (χ2n) is 4.71. The van der Waals surface area contributed by atoms with Crippen LogP contribution in [0.3, 0.4) is 0 Å². The van der Waals surface area contributed by atoms with Gasteiger partial charge in [-0.2, -0.15) is 0 Å². The molecule has 1 N–H and O–H groups in total. The number of anilines is 2. The fraction of sp³-hybridized carbons (Fsp3) is 0.714. The van der Waals surface area contributed by atoms with Gasteiger partial charge in [0.2, 0.25) is 0 Å². The van der Waals surface area contributed by atoms with Gasteiger partial charge in [-0.3, -0.25) is 0 Å². The van der Waals surface area contributed by atoms with Crippen LogP contribution in [0.1, 0.15) is 45.4 Å². The highest BCUT2D eigenvalue weighted by Crippen LogP contribution is 2.15. The van der Waals surface area contributed by atoms with Gasteiger partial charge in [-0.25, -0.2) is 9.97 Å². The molecule has 0 unspecified atom stereocenters. The first kappa shape index (κ1) is 14.7. The van der Waals surface area contributed by atoms with Crippen molar-refractivity contribution in [1.82, 2.24) is 9.97 Å². The van der Waals surface area contributed by atoms with Crippen molar-refractivity contribution in [2.24, 2.45) is 0 Å². The van der Waals surface area contributed by atoms with Crippen LogP contribution in [0, 0.1) is 6.92 Å². The number of unbranched alkanes of at least 4 members (excludes halogenated alkanes) is 2. The van der Waals surface area contributed by atoms with Crippen molar-refractivity contribution in [1.29, 1.82) is 0 Å². The Bertz CT molecular complexity index is 352. The van der Waals surface area contributed by atoms with Gasteiger partial charge >= 0.3 is 0 Å². The third-order valence-electron chi connectivity index (χ3n) is 2.90. The van der Waals surface area contributed by atoms with E-state index < -0.39 is 0 Å². The van der Waals surface area contributed by atoms with Crippen molar-refractivity contribution >= 4 is 11.6 Å². The van der Waals surface area contributed by atoms with E-state index in [4.69, 9.17) is 0 Å². The van der Waals surface area contributed by atoms with E-state index in [2.05, 4.69) is 41.1 Å². The van der Waals surface area contributed by atoms with Crippen LogP contribution in [0.5, 0.6) is 0 Å². The van der Waals surface area contributed by atoms with Crippen molar-refractivity contribution in [3.8, 4) is 0 Å². The number of rotatable bonds is 8. The molecule has 1 heterocycles. The van der Waals surface area contributed by atoms with Crippen molar-refractivity contribution in [2.75, 3.05) is 30.4 Å². The molecular formula is C14H26N4. The maximum Gasteiger partial charge on any atom is 0.134 e. The smallest absolute Gasteiger partial charge is 0.134 e. The van der Waals surface area contributed by atoms with Crippen molar-refractivity contribution in [3.63, 3.8) is 0 Å². The zero-order valence-electron chi connectivity index (χ0n) is 12.2. The van der Waals surface area contributed by atoms with E-state index in [0.717, 1.165) is 30.5 Å². The molecule has 1 aromatic heterocycles. The molecule has 0 amide bonds. The molecule has 0 saturated heterocycles. The topological polar surface area (TPSA) is 41.0 Å². The average Bonchev–Trinajstić information content (AvgIpc) is 2.35. The molecule has 0 saturated carbocycles. The zero-order chi connectivity index (χ0) is 13.4. The Balaban J connectivity index is 2.67. The molecule has 4 heteroatoms. The van der Waals surface area contributed by atoms with Gasteiger partial charge in [0.05, 0.1) is 0 Å². The normalized spacial score (nSPS) is 10.4. The van der Waals surface area contributed by atoms with E-state index in [9.17, 15) is 0 Å². The van der Waals surface area contributed by atoms with Gasteiger partial charge in [0.15, 0.2) is 0 Å². The molecule has 0 aromatic carbocycles. The molecule has 1 rings (SSSR count). The fourth-order valence-corrected chi connectivity index (χ4v) is 1.74. The monoisotopic (exact) mass is 250 g/mol. The molecule has 102 valence electrons. The summed E-state index contributed by atoms with van der Waals surface area (Å²) < 4.78 is 0. The number of hydrogen-bond acceptors (Lipinski definition) is 4. The zero-order valence-corrected chi connectivity index (χ0v) is 12.2. The lowest BCUT2D eigenvalue weighted by atomic mass is 10.3. The standard InChI is InChI=1S/C14H26N4/c1-5-7-9-15-13-11-14(17-12(3)16-13)18(4)10-8-6-2/h11H,5-10H2,1-4H3,(H,15,16,17). The molecular weight excluding hydrogens is 224 g/mol. The summed E-state index contributed by atoms with van der Waals surface area (Å²) in [6.07, 6.45) is 4.76. The highest BCUT2D eigenvalue weighted by molar-refractivity contribution is 5.48. The largest absolute Gasteiger partial charge is 0.370 e. The summed E-state index contributed by atoms with van der Waals surface area (Å²) in [4.78, 5) is 11.1. The van der Waals surface area contributed by atoms with Gasteiger partial charge in [-0.05, 0) is 19.8 Å². The molecule has 0 spiro atoms. The lowest BCUT2D eigenvalue weighted by Gasteiger charge is -2.19. The van der Waals surface area contributed by atoms with E-state index in [-0.39, 0.29) is 0 Å². The Hall–Kier alpha value is -1.32. The first-order valence-corrected chi connectivity index (χ1v) is 6.98. The SMILES string of the molecule is CCCCNc1cc(N(C)CCCC)nc(C)n1. The summed E-state index contributed by atoms with van der Waals surface area (Å²) in [5.74, 6) is 2.78. The summed E-state index contributed by atoms with van der Waals surface area (Å²) in [5, 5.41) is 3.36. The Kier molecular flexibility index (Phi) is 6.47. The first-order valence-electron chi connectivity index (χ1n) is 6.98. The minimum atomic E-state index is 0.829. The highest BCUT2D eigenvalue weighted by atomic mass is 15.2. The van der Waals surface area contributed by atoms with E-state index >= 15 is 0 Å². The lowest BCUT2D eigenvalue weighted by Crippen LogP contribution is -2.20. The van der Waals surface area contributed by atoms with Gasteiger partial charge < -0.3 is 10.2 Å².